The molecule has 0 bridgehead atoms. The number of ether oxygens (including phenoxy) is 1. The van der Waals surface area contributed by atoms with E-state index in [9.17, 15) is 29.1 Å². The fourth-order valence-electron chi connectivity index (χ4n) is 4.46. The third-order valence-corrected chi connectivity index (χ3v) is 7.93. The number of nitrogens with zero attached hydrogens (tertiary/aromatic N) is 2. The number of hydrogen-bond donors (Lipinski definition) is 4. The topological polar surface area (TPSA) is 166 Å². The van der Waals surface area contributed by atoms with E-state index in [1.807, 2.05) is 0 Å². The highest BCUT2D eigenvalue weighted by molar-refractivity contribution is 8.01. The lowest BCUT2D eigenvalue weighted by Crippen LogP contribution is -2.71. The normalized spacial score (nSPS) is 21.9. The van der Waals surface area contributed by atoms with Crippen LogP contribution in [-0.4, -0.2) is 75.1 Å². The van der Waals surface area contributed by atoms with Crippen LogP contribution in [0.5, 0.6) is 5.75 Å². The minimum Gasteiger partial charge on any atom is -0.497 e. The van der Waals surface area contributed by atoms with Crippen molar-refractivity contribution in [2.75, 3.05) is 7.11 Å². The number of β-lactam (4-membered cyclic amide) rings is 1. The number of carbonyl (C=O) groups is 5. The zero-order valence-corrected chi connectivity index (χ0v) is 22.1. The summed E-state index contributed by atoms with van der Waals surface area (Å²) in [5.41, 5.74) is 2.99. The van der Waals surface area contributed by atoms with E-state index in [-0.39, 0.29) is 0 Å². The number of carboxylic acid groups (broad SMARTS) is 1. The smallest absolute Gasteiger partial charge is 0.327 e. The third kappa shape index (κ3) is 5.72. The highest BCUT2D eigenvalue weighted by Gasteiger charge is 2.64. The Morgan fingerprint density at radius 3 is 2.38 bits per heavy atom. The van der Waals surface area contributed by atoms with Gasteiger partial charge in [0.25, 0.3) is 11.8 Å². The van der Waals surface area contributed by atoms with Crippen LogP contribution in [0.3, 0.4) is 0 Å². The fraction of sp³-hybridized carbons (Fsp3) is 0.308. The van der Waals surface area contributed by atoms with Gasteiger partial charge in [-0.15, -0.1) is 11.8 Å². The molecule has 0 aliphatic carbocycles. The van der Waals surface area contributed by atoms with Crippen LogP contribution in [0.25, 0.3) is 0 Å². The van der Waals surface area contributed by atoms with E-state index in [4.69, 9.17) is 4.74 Å². The molecule has 2 saturated heterocycles. The van der Waals surface area contributed by atoms with Gasteiger partial charge in [-0.05, 0) is 43.7 Å². The van der Waals surface area contributed by atoms with Crippen LogP contribution in [0.4, 0.5) is 0 Å². The van der Waals surface area contributed by atoms with E-state index < -0.39 is 57.8 Å². The Morgan fingerprint density at radius 2 is 1.77 bits per heavy atom. The van der Waals surface area contributed by atoms with Crippen LogP contribution < -0.4 is 20.8 Å². The molecule has 39 heavy (non-hydrogen) atoms. The number of amides is 4. The molecule has 4 N–H and O–H groups in total. The molecule has 2 aliphatic heterocycles. The molecule has 2 unspecified atom stereocenters. The maximum atomic E-state index is 13.3. The number of hydrazone groups is 1. The Labute approximate surface area is 228 Å². The Kier molecular flexibility index (Phi) is 7.90. The molecule has 2 fully saturated rings. The third-order valence-electron chi connectivity index (χ3n) is 6.35. The van der Waals surface area contributed by atoms with Crippen LogP contribution in [-0.2, 0) is 19.2 Å². The van der Waals surface area contributed by atoms with Crippen molar-refractivity contribution in [3.05, 3.63) is 65.7 Å². The number of aliphatic carboxylic acids is 1. The molecule has 4 rings (SSSR count). The predicted molar refractivity (Wildman–Crippen MR) is 142 cm³/mol. The summed E-state index contributed by atoms with van der Waals surface area (Å²) in [5, 5.41) is 17.9. The van der Waals surface area contributed by atoms with E-state index >= 15 is 0 Å². The van der Waals surface area contributed by atoms with Gasteiger partial charge >= 0.3 is 5.97 Å². The van der Waals surface area contributed by atoms with Gasteiger partial charge in [0.1, 0.15) is 35.5 Å². The number of carboxylic acids is 1. The minimum absolute atomic E-state index is 0.298. The summed E-state index contributed by atoms with van der Waals surface area (Å²) in [6.07, 6.45) is 0.827. The number of nitrogens with one attached hydrogen (secondary N) is 3. The summed E-state index contributed by atoms with van der Waals surface area (Å²) in [7, 11) is 1.50. The summed E-state index contributed by atoms with van der Waals surface area (Å²) >= 11 is 1.30. The van der Waals surface area contributed by atoms with E-state index in [0.717, 1.165) is 6.21 Å². The monoisotopic (exact) mass is 553 g/mol. The Bertz CT molecular complexity index is 1320. The molecule has 2 heterocycles. The van der Waals surface area contributed by atoms with Gasteiger partial charge in [-0.2, -0.15) is 5.10 Å². The molecule has 2 aromatic carbocycles. The van der Waals surface area contributed by atoms with E-state index in [1.165, 1.54) is 35.9 Å². The molecule has 2 aliphatic rings. The molecule has 204 valence electrons. The lowest BCUT2D eigenvalue weighted by molar-refractivity contribution is -0.161. The van der Waals surface area contributed by atoms with Crippen LogP contribution in [0, 0.1) is 0 Å². The quantitative estimate of drug-likeness (QED) is 0.202. The number of hydrogen-bond acceptors (Lipinski definition) is 8. The van der Waals surface area contributed by atoms with Gasteiger partial charge in [0.2, 0.25) is 11.8 Å². The molecule has 4 atom stereocenters. The molecule has 0 aromatic heterocycles. The maximum absolute atomic E-state index is 13.3. The molecule has 4 amide bonds. The molecule has 13 heteroatoms. The van der Waals surface area contributed by atoms with Crippen molar-refractivity contribution in [2.24, 2.45) is 5.10 Å². The van der Waals surface area contributed by atoms with Crippen molar-refractivity contribution < 1.29 is 33.8 Å². The Hall–Kier alpha value is -4.39. The second-order valence-corrected chi connectivity index (χ2v) is 11.1. The SMILES string of the molecule is COc1ccc(C(=O)N/N=C/C(=O)NC(C(=O)NC2C(=O)N3[C@@H]2SC(C)(C)[C@@H]3C(=O)O)c2ccccc2)cc1. The zero-order chi connectivity index (χ0) is 28.3. The fourth-order valence-corrected chi connectivity index (χ4v) is 6.09. The lowest BCUT2D eigenvalue weighted by Gasteiger charge is -2.44. The molecule has 0 saturated carbocycles. The van der Waals surface area contributed by atoms with E-state index in [1.54, 1.807) is 56.3 Å². The van der Waals surface area contributed by atoms with Crippen LogP contribution in [0.15, 0.2) is 59.7 Å². The van der Waals surface area contributed by atoms with Crippen LogP contribution >= 0.6 is 11.8 Å². The van der Waals surface area contributed by atoms with Crippen molar-refractivity contribution in [1.29, 1.82) is 0 Å². The average Bonchev–Trinajstić information content (AvgIpc) is 3.18. The summed E-state index contributed by atoms with van der Waals surface area (Å²) in [6.45, 7) is 3.47. The summed E-state index contributed by atoms with van der Waals surface area (Å²) in [5.74, 6) is -3.00. The first-order chi connectivity index (χ1) is 18.5. The zero-order valence-electron chi connectivity index (χ0n) is 21.3. The van der Waals surface area contributed by atoms with Gasteiger partial charge in [0.15, 0.2) is 0 Å². The number of thioether (sulfide) groups is 1. The van der Waals surface area contributed by atoms with Gasteiger partial charge < -0.3 is 25.4 Å². The first kappa shape index (κ1) is 27.6. The number of rotatable bonds is 9. The highest BCUT2D eigenvalue weighted by Crippen LogP contribution is 2.50. The minimum atomic E-state index is -1.18. The van der Waals surface area contributed by atoms with Crippen molar-refractivity contribution in [3.63, 3.8) is 0 Å². The lowest BCUT2D eigenvalue weighted by atomic mass is 9.95. The standard InChI is InChI=1S/C26H27N5O7S/c1-26(2)20(25(36)37)31-23(35)19(24(31)39-26)29-22(34)18(14-7-5-4-6-8-14)28-17(32)13-27-30-21(33)15-9-11-16(38-3)12-10-15/h4-13,18-20,24H,1-3H3,(H,28,32)(H,29,34)(H,30,33)(H,36,37)/b27-13+/t18?,19?,20-,24+/m0/s1. The van der Waals surface area contributed by atoms with Gasteiger partial charge in [0, 0.05) is 10.3 Å². The highest BCUT2D eigenvalue weighted by atomic mass is 32.2. The molecule has 0 radical (unpaired) electrons. The Morgan fingerprint density at radius 1 is 1.10 bits per heavy atom. The number of fused-ring (bicyclic) bond motifs is 1. The van der Waals surface area contributed by atoms with Gasteiger partial charge in [0.05, 0.1) is 7.11 Å². The van der Waals surface area contributed by atoms with Crippen LogP contribution in [0.1, 0.15) is 35.8 Å². The number of carbonyl (C=O) groups excluding carboxylic acids is 4. The van der Waals surface area contributed by atoms with Gasteiger partial charge in [-0.1, -0.05) is 30.3 Å². The molecular formula is C26H27N5O7S. The maximum Gasteiger partial charge on any atom is 0.327 e. The number of methoxy groups -OCH3 is 1. The summed E-state index contributed by atoms with van der Waals surface area (Å²) < 4.78 is 4.30. The summed E-state index contributed by atoms with van der Waals surface area (Å²) in [4.78, 5) is 63.9. The van der Waals surface area contributed by atoms with Crippen molar-refractivity contribution >= 4 is 47.6 Å². The van der Waals surface area contributed by atoms with Crippen molar-refractivity contribution in [3.8, 4) is 5.75 Å². The molecule has 2 aromatic rings. The van der Waals surface area contributed by atoms with Crippen molar-refractivity contribution in [2.45, 2.75) is 42.1 Å². The second-order valence-electron chi connectivity index (χ2n) is 9.36. The second kappa shape index (κ2) is 11.2. The van der Waals surface area contributed by atoms with Gasteiger partial charge in [-0.25, -0.2) is 10.2 Å². The average molecular weight is 554 g/mol. The van der Waals surface area contributed by atoms with E-state index in [0.29, 0.717) is 16.9 Å². The van der Waals surface area contributed by atoms with Gasteiger partial charge in [-0.3, -0.25) is 19.2 Å². The van der Waals surface area contributed by atoms with E-state index in [2.05, 4.69) is 21.2 Å². The summed E-state index contributed by atoms with van der Waals surface area (Å²) in [6, 6.07) is 11.5. The number of benzene rings is 2. The first-order valence-corrected chi connectivity index (χ1v) is 12.8. The largest absolute Gasteiger partial charge is 0.497 e. The molecule has 0 spiro atoms. The molecule has 12 nitrogen and oxygen atoms in total. The first-order valence-electron chi connectivity index (χ1n) is 11.9. The Balaban J connectivity index is 1.41. The predicted octanol–water partition coefficient (Wildman–Crippen LogP) is 0.900. The van der Waals surface area contributed by atoms with Crippen LogP contribution in [0.2, 0.25) is 0 Å². The van der Waals surface area contributed by atoms with Crippen molar-refractivity contribution in [1.82, 2.24) is 21.0 Å². The molecular weight excluding hydrogens is 526 g/mol.